The normalized spacial score (nSPS) is 11.6. The zero-order valence-corrected chi connectivity index (χ0v) is 11.2. The van der Waals surface area contributed by atoms with Crippen LogP contribution in [0.2, 0.25) is 0 Å². The Kier molecular flexibility index (Phi) is 4.28. The zero-order chi connectivity index (χ0) is 13.1. The van der Waals surface area contributed by atoms with E-state index in [-0.39, 0.29) is 17.9 Å². The van der Waals surface area contributed by atoms with E-state index in [9.17, 15) is 4.79 Å². The molecule has 17 heavy (non-hydrogen) atoms. The molecule has 96 valence electrons. The van der Waals surface area contributed by atoms with Crippen LogP contribution in [0.1, 0.15) is 32.0 Å². The van der Waals surface area contributed by atoms with Gasteiger partial charge < -0.3 is 10.1 Å². The minimum absolute atomic E-state index is 0.00351. The van der Waals surface area contributed by atoms with Crippen LogP contribution < -0.4 is 5.32 Å². The standard InChI is InChI=1S/C12H21N3O2/c1-12(2,3)11-9(8-15(4)14-11)6-13-7-10(16)17-5/h8,13H,6-7H2,1-5H3. The van der Waals surface area contributed by atoms with Crippen LogP contribution in [-0.4, -0.2) is 29.4 Å². The first-order chi connectivity index (χ1) is 7.84. The van der Waals surface area contributed by atoms with E-state index in [1.54, 1.807) is 4.68 Å². The molecule has 1 heterocycles. The van der Waals surface area contributed by atoms with Crippen molar-refractivity contribution in [2.24, 2.45) is 7.05 Å². The number of nitrogens with zero attached hydrogens (tertiary/aromatic N) is 2. The van der Waals surface area contributed by atoms with Gasteiger partial charge in [0.05, 0.1) is 19.3 Å². The quantitative estimate of drug-likeness (QED) is 0.796. The highest BCUT2D eigenvalue weighted by atomic mass is 16.5. The SMILES string of the molecule is COC(=O)CNCc1cn(C)nc1C(C)(C)C. The van der Waals surface area contributed by atoms with Crippen molar-refractivity contribution in [3.05, 3.63) is 17.5 Å². The third-order valence-electron chi connectivity index (χ3n) is 2.43. The van der Waals surface area contributed by atoms with E-state index in [1.165, 1.54) is 7.11 Å². The first-order valence-electron chi connectivity index (χ1n) is 5.65. The Morgan fingerprint density at radius 3 is 2.71 bits per heavy atom. The van der Waals surface area contributed by atoms with Crippen LogP contribution in [0.25, 0.3) is 0 Å². The average molecular weight is 239 g/mol. The first-order valence-corrected chi connectivity index (χ1v) is 5.65. The largest absolute Gasteiger partial charge is 0.468 e. The molecule has 0 aromatic carbocycles. The maximum Gasteiger partial charge on any atom is 0.319 e. The maximum atomic E-state index is 11.0. The second-order valence-corrected chi connectivity index (χ2v) is 5.11. The molecule has 0 aliphatic carbocycles. The summed E-state index contributed by atoms with van der Waals surface area (Å²) in [6, 6.07) is 0. The number of aromatic nitrogens is 2. The Hall–Kier alpha value is -1.36. The highest BCUT2D eigenvalue weighted by molar-refractivity contribution is 5.71. The van der Waals surface area contributed by atoms with Gasteiger partial charge in [-0.1, -0.05) is 20.8 Å². The van der Waals surface area contributed by atoms with Crippen molar-refractivity contribution in [3.8, 4) is 0 Å². The zero-order valence-electron chi connectivity index (χ0n) is 11.2. The average Bonchev–Trinajstić information content (AvgIpc) is 2.59. The Balaban J connectivity index is 2.68. The second kappa shape index (κ2) is 5.31. The van der Waals surface area contributed by atoms with Gasteiger partial charge >= 0.3 is 5.97 Å². The molecule has 0 aliphatic heterocycles. The fourth-order valence-electron chi connectivity index (χ4n) is 1.67. The van der Waals surface area contributed by atoms with E-state index in [0.717, 1.165) is 11.3 Å². The molecule has 0 radical (unpaired) electrons. The van der Waals surface area contributed by atoms with Gasteiger partial charge in [-0.25, -0.2) is 0 Å². The predicted octanol–water partition coefficient (Wildman–Crippen LogP) is 0.980. The molecule has 0 saturated heterocycles. The van der Waals surface area contributed by atoms with Crippen molar-refractivity contribution in [2.45, 2.75) is 32.7 Å². The number of hydrogen-bond acceptors (Lipinski definition) is 4. The molecule has 5 heteroatoms. The molecule has 1 aromatic rings. The van der Waals surface area contributed by atoms with Crippen molar-refractivity contribution >= 4 is 5.97 Å². The van der Waals surface area contributed by atoms with Crippen LogP contribution in [0, 0.1) is 0 Å². The Labute approximate surface area is 102 Å². The van der Waals surface area contributed by atoms with Crippen LogP contribution in [0.5, 0.6) is 0 Å². The number of hydrogen-bond donors (Lipinski definition) is 1. The number of methoxy groups -OCH3 is 1. The maximum absolute atomic E-state index is 11.0. The number of carbonyl (C=O) groups is 1. The molecule has 1 aromatic heterocycles. The minimum atomic E-state index is -0.258. The highest BCUT2D eigenvalue weighted by Crippen LogP contribution is 2.23. The molecule has 0 bridgehead atoms. The van der Waals surface area contributed by atoms with Crippen molar-refractivity contribution in [1.29, 1.82) is 0 Å². The molecule has 1 N–H and O–H groups in total. The summed E-state index contributed by atoms with van der Waals surface area (Å²) in [4.78, 5) is 11.0. The van der Waals surface area contributed by atoms with Crippen LogP contribution in [0.15, 0.2) is 6.20 Å². The van der Waals surface area contributed by atoms with Gasteiger partial charge in [0.15, 0.2) is 0 Å². The number of ether oxygens (including phenoxy) is 1. The van der Waals surface area contributed by atoms with Gasteiger partial charge in [-0.15, -0.1) is 0 Å². The van der Waals surface area contributed by atoms with Gasteiger partial charge in [-0.3, -0.25) is 9.48 Å². The van der Waals surface area contributed by atoms with Crippen LogP contribution in [-0.2, 0) is 28.5 Å². The molecule has 0 fully saturated rings. The highest BCUT2D eigenvalue weighted by Gasteiger charge is 2.21. The number of esters is 1. The van der Waals surface area contributed by atoms with E-state index in [0.29, 0.717) is 6.54 Å². The fraction of sp³-hybridized carbons (Fsp3) is 0.667. The van der Waals surface area contributed by atoms with Gasteiger partial charge in [0.2, 0.25) is 0 Å². The topological polar surface area (TPSA) is 56.1 Å². The van der Waals surface area contributed by atoms with Gasteiger partial charge in [0.1, 0.15) is 0 Å². The van der Waals surface area contributed by atoms with Crippen LogP contribution in [0.3, 0.4) is 0 Å². The molecule has 5 nitrogen and oxygen atoms in total. The van der Waals surface area contributed by atoms with Crippen molar-refractivity contribution in [3.63, 3.8) is 0 Å². The lowest BCUT2D eigenvalue weighted by molar-refractivity contribution is -0.139. The van der Waals surface area contributed by atoms with E-state index < -0.39 is 0 Å². The Bertz CT molecular complexity index is 391. The third kappa shape index (κ3) is 3.85. The summed E-state index contributed by atoms with van der Waals surface area (Å²) in [5.41, 5.74) is 2.17. The number of nitrogens with one attached hydrogen (secondary N) is 1. The lowest BCUT2D eigenvalue weighted by Crippen LogP contribution is -2.25. The number of rotatable bonds is 4. The summed E-state index contributed by atoms with van der Waals surface area (Å²) in [6.45, 7) is 7.21. The van der Waals surface area contributed by atoms with Gasteiger partial charge in [0.25, 0.3) is 0 Å². The number of carbonyl (C=O) groups excluding carboxylic acids is 1. The van der Waals surface area contributed by atoms with Crippen molar-refractivity contribution in [1.82, 2.24) is 15.1 Å². The lowest BCUT2D eigenvalue weighted by atomic mass is 9.89. The number of aryl methyl sites for hydroxylation is 1. The first kappa shape index (κ1) is 13.7. The monoisotopic (exact) mass is 239 g/mol. The summed E-state index contributed by atoms with van der Waals surface area (Å²) in [7, 11) is 3.29. The summed E-state index contributed by atoms with van der Waals surface area (Å²) in [5, 5.41) is 7.51. The predicted molar refractivity (Wildman–Crippen MR) is 65.6 cm³/mol. The van der Waals surface area contributed by atoms with Gasteiger partial charge in [0, 0.05) is 30.8 Å². The molecule has 0 unspecified atom stereocenters. The molecule has 0 saturated carbocycles. The van der Waals surface area contributed by atoms with Crippen molar-refractivity contribution in [2.75, 3.05) is 13.7 Å². The minimum Gasteiger partial charge on any atom is -0.468 e. The summed E-state index contributed by atoms with van der Waals surface area (Å²) in [6.07, 6.45) is 1.98. The fourth-order valence-corrected chi connectivity index (χ4v) is 1.67. The smallest absolute Gasteiger partial charge is 0.319 e. The van der Waals surface area contributed by atoms with E-state index in [2.05, 4.69) is 35.9 Å². The van der Waals surface area contributed by atoms with E-state index >= 15 is 0 Å². The summed E-state index contributed by atoms with van der Waals surface area (Å²) < 4.78 is 6.37. The molecule has 0 spiro atoms. The lowest BCUT2D eigenvalue weighted by Gasteiger charge is -2.17. The van der Waals surface area contributed by atoms with Crippen LogP contribution >= 0.6 is 0 Å². The molecule has 1 rings (SSSR count). The van der Waals surface area contributed by atoms with Gasteiger partial charge in [-0.2, -0.15) is 5.10 Å². The molecule has 0 atom stereocenters. The molecule has 0 amide bonds. The third-order valence-corrected chi connectivity index (χ3v) is 2.43. The van der Waals surface area contributed by atoms with Gasteiger partial charge in [-0.05, 0) is 0 Å². The Morgan fingerprint density at radius 2 is 2.18 bits per heavy atom. The molecular weight excluding hydrogens is 218 g/mol. The Morgan fingerprint density at radius 1 is 1.53 bits per heavy atom. The van der Waals surface area contributed by atoms with Crippen LogP contribution in [0.4, 0.5) is 0 Å². The summed E-state index contributed by atoms with van der Waals surface area (Å²) in [5.74, 6) is -0.258. The summed E-state index contributed by atoms with van der Waals surface area (Å²) >= 11 is 0. The second-order valence-electron chi connectivity index (χ2n) is 5.11. The molecule has 0 aliphatic rings. The molecular formula is C12H21N3O2. The van der Waals surface area contributed by atoms with E-state index in [1.807, 2.05) is 13.2 Å². The van der Waals surface area contributed by atoms with E-state index in [4.69, 9.17) is 0 Å². The van der Waals surface area contributed by atoms with Crippen molar-refractivity contribution < 1.29 is 9.53 Å².